The van der Waals surface area contributed by atoms with Gasteiger partial charge in [0, 0.05) is 35.2 Å². The molecule has 0 unspecified atom stereocenters. The summed E-state index contributed by atoms with van der Waals surface area (Å²) in [4.78, 5) is 2.80. The van der Waals surface area contributed by atoms with Crippen LogP contribution in [-0.2, 0) is 0 Å². The van der Waals surface area contributed by atoms with Crippen LogP contribution in [0.25, 0.3) is 32.3 Å². The van der Waals surface area contributed by atoms with Gasteiger partial charge in [-0.05, 0) is 58.7 Å². The molecule has 32 heavy (non-hydrogen) atoms. The molecule has 4 aromatic carbocycles. The average Bonchev–Trinajstić information content (AvgIpc) is 2.83. The molecule has 2 aliphatic carbocycles. The number of nitrogens with one attached hydrogen (secondary N) is 1. The van der Waals surface area contributed by atoms with Gasteiger partial charge in [0.05, 0.1) is 0 Å². The lowest BCUT2D eigenvalue weighted by Crippen LogP contribution is -2.72. The van der Waals surface area contributed by atoms with Gasteiger partial charge in [-0.2, -0.15) is 0 Å². The molecule has 0 aromatic heterocycles. The van der Waals surface area contributed by atoms with E-state index in [9.17, 15) is 0 Å². The van der Waals surface area contributed by atoms with Crippen molar-refractivity contribution in [2.75, 3.05) is 18.0 Å². The SMILES string of the molecule is c1cc2ccc3ccc(N4CC5(CCCCC5)NC5(CCCCC5)C4)c4ccc(c1)c2c34. The van der Waals surface area contributed by atoms with Crippen molar-refractivity contribution in [1.29, 1.82) is 0 Å². The smallest absolute Gasteiger partial charge is 0.0447 e. The van der Waals surface area contributed by atoms with Crippen molar-refractivity contribution in [3.05, 3.63) is 54.6 Å². The fourth-order valence-corrected chi connectivity index (χ4v) is 7.62. The van der Waals surface area contributed by atoms with Gasteiger partial charge in [-0.15, -0.1) is 0 Å². The second-order valence-corrected chi connectivity index (χ2v) is 11.1. The molecule has 2 nitrogen and oxygen atoms in total. The maximum atomic E-state index is 4.34. The summed E-state index contributed by atoms with van der Waals surface area (Å²) in [6.07, 6.45) is 13.7. The van der Waals surface area contributed by atoms with Gasteiger partial charge in [-0.3, -0.25) is 0 Å². The van der Waals surface area contributed by atoms with E-state index in [0.717, 1.165) is 0 Å². The number of hydrogen-bond acceptors (Lipinski definition) is 2. The predicted molar refractivity (Wildman–Crippen MR) is 137 cm³/mol. The van der Waals surface area contributed by atoms with Crippen LogP contribution in [0.1, 0.15) is 64.2 Å². The van der Waals surface area contributed by atoms with Crippen LogP contribution in [0.3, 0.4) is 0 Å². The zero-order chi connectivity index (χ0) is 21.2. The van der Waals surface area contributed by atoms with Gasteiger partial charge >= 0.3 is 0 Å². The van der Waals surface area contributed by atoms with Crippen LogP contribution >= 0.6 is 0 Å². The highest BCUT2D eigenvalue weighted by Gasteiger charge is 2.47. The van der Waals surface area contributed by atoms with Gasteiger partial charge < -0.3 is 10.2 Å². The molecule has 0 atom stereocenters. The van der Waals surface area contributed by atoms with Crippen LogP contribution in [0.15, 0.2) is 54.6 Å². The fraction of sp³-hybridized carbons (Fsp3) is 0.467. The maximum absolute atomic E-state index is 4.34. The lowest BCUT2D eigenvalue weighted by Gasteiger charge is -2.57. The minimum absolute atomic E-state index is 0.303. The molecule has 2 heteroatoms. The van der Waals surface area contributed by atoms with Crippen molar-refractivity contribution in [2.24, 2.45) is 0 Å². The molecule has 0 bridgehead atoms. The van der Waals surface area contributed by atoms with E-state index >= 15 is 0 Å². The second-order valence-electron chi connectivity index (χ2n) is 11.1. The van der Waals surface area contributed by atoms with Crippen LogP contribution in [-0.4, -0.2) is 24.2 Å². The average molecular weight is 423 g/mol. The van der Waals surface area contributed by atoms with Crippen LogP contribution in [0, 0.1) is 0 Å². The van der Waals surface area contributed by atoms with E-state index in [4.69, 9.17) is 0 Å². The van der Waals surface area contributed by atoms with E-state index in [1.165, 1.54) is 115 Å². The lowest BCUT2D eigenvalue weighted by atomic mass is 9.72. The minimum Gasteiger partial charge on any atom is -0.367 e. The zero-order valence-electron chi connectivity index (χ0n) is 19.1. The molecule has 3 fully saturated rings. The molecular weight excluding hydrogens is 388 g/mol. The molecule has 1 N–H and O–H groups in total. The molecule has 164 valence electrons. The monoisotopic (exact) mass is 422 g/mol. The van der Waals surface area contributed by atoms with Crippen molar-refractivity contribution in [2.45, 2.75) is 75.3 Å². The fourth-order valence-electron chi connectivity index (χ4n) is 7.62. The number of hydrogen-bond donors (Lipinski definition) is 1. The van der Waals surface area contributed by atoms with Crippen LogP contribution < -0.4 is 10.2 Å². The highest BCUT2D eigenvalue weighted by Crippen LogP contribution is 2.44. The van der Waals surface area contributed by atoms with Crippen LogP contribution in [0.4, 0.5) is 5.69 Å². The number of nitrogens with zero attached hydrogens (tertiary/aromatic N) is 1. The maximum Gasteiger partial charge on any atom is 0.0447 e. The Kier molecular flexibility index (Phi) is 4.25. The van der Waals surface area contributed by atoms with Crippen LogP contribution in [0.2, 0.25) is 0 Å². The van der Waals surface area contributed by atoms with Crippen molar-refractivity contribution in [3.63, 3.8) is 0 Å². The molecule has 1 saturated heterocycles. The summed E-state index contributed by atoms with van der Waals surface area (Å²) in [6.45, 7) is 2.33. The Balaban J connectivity index is 1.40. The normalized spacial score (nSPS) is 23.1. The van der Waals surface area contributed by atoms with Gasteiger partial charge in [0.1, 0.15) is 0 Å². The first-order chi connectivity index (χ1) is 15.7. The lowest BCUT2D eigenvalue weighted by molar-refractivity contribution is 0.0976. The second kappa shape index (κ2) is 7.09. The molecule has 2 saturated carbocycles. The van der Waals surface area contributed by atoms with Gasteiger partial charge in [0.15, 0.2) is 0 Å². The summed E-state index contributed by atoms with van der Waals surface area (Å²) in [5.74, 6) is 0. The first-order valence-electron chi connectivity index (χ1n) is 13.0. The Labute approximate surface area is 191 Å². The largest absolute Gasteiger partial charge is 0.367 e. The van der Waals surface area contributed by atoms with Crippen LogP contribution in [0.5, 0.6) is 0 Å². The van der Waals surface area contributed by atoms with E-state index < -0.39 is 0 Å². The Bertz CT molecular complexity index is 1230. The van der Waals surface area contributed by atoms with E-state index in [2.05, 4.69) is 64.8 Å². The summed E-state index contributed by atoms with van der Waals surface area (Å²) >= 11 is 0. The molecule has 7 rings (SSSR count). The Hall–Kier alpha value is -2.32. The van der Waals surface area contributed by atoms with Gasteiger partial charge in [0.25, 0.3) is 0 Å². The Morgan fingerprint density at radius 3 is 1.72 bits per heavy atom. The third kappa shape index (κ3) is 2.88. The Morgan fingerprint density at radius 2 is 1.09 bits per heavy atom. The quantitative estimate of drug-likeness (QED) is 0.322. The van der Waals surface area contributed by atoms with Crippen molar-refractivity contribution in [1.82, 2.24) is 5.32 Å². The van der Waals surface area contributed by atoms with E-state index in [0.29, 0.717) is 11.1 Å². The van der Waals surface area contributed by atoms with Crippen molar-refractivity contribution < 1.29 is 0 Å². The summed E-state index contributed by atoms with van der Waals surface area (Å²) in [5.41, 5.74) is 2.07. The zero-order valence-corrected chi connectivity index (χ0v) is 19.1. The number of piperazine rings is 1. The Morgan fingerprint density at radius 1 is 0.562 bits per heavy atom. The third-order valence-electron chi connectivity index (χ3n) is 8.99. The van der Waals surface area contributed by atoms with E-state index in [-0.39, 0.29) is 0 Å². The third-order valence-corrected chi connectivity index (χ3v) is 8.99. The molecule has 1 heterocycles. The molecular formula is C30H34N2. The summed E-state index contributed by atoms with van der Waals surface area (Å²) in [7, 11) is 0. The molecule has 1 aliphatic heterocycles. The topological polar surface area (TPSA) is 15.3 Å². The predicted octanol–water partition coefficient (Wildman–Crippen LogP) is 7.40. The van der Waals surface area contributed by atoms with Crippen molar-refractivity contribution >= 4 is 38.0 Å². The number of anilines is 1. The standard InChI is InChI=1S/C30H34N2/c1-3-16-29(17-4-1)20-32(21-30(31-29)18-5-2-6-19-30)26-15-13-24-11-10-22-8-7-9-23-12-14-25(26)28(24)27(22)23/h7-15,31H,1-6,16-21H2. The highest BCUT2D eigenvalue weighted by molar-refractivity contribution is 6.25. The summed E-state index contributed by atoms with van der Waals surface area (Å²) in [6, 6.07) is 20.9. The molecule has 0 radical (unpaired) electrons. The van der Waals surface area contributed by atoms with E-state index in [1.54, 1.807) is 0 Å². The first kappa shape index (κ1) is 19.2. The number of rotatable bonds is 1. The summed E-state index contributed by atoms with van der Waals surface area (Å²) < 4.78 is 0. The summed E-state index contributed by atoms with van der Waals surface area (Å²) in [5, 5.41) is 12.8. The van der Waals surface area contributed by atoms with Gasteiger partial charge in [-0.25, -0.2) is 0 Å². The number of benzene rings is 4. The van der Waals surface area contributed by atoms with E-state index in [1.807, 2.05) is 0 Å². The first-order valence-corrected chi connectivity index (χ1v) is 13.0. The molecule has 0 amide bonds. The van der Waals surface area contributed by atoms with Gasteiger partial charge in [0.2, 0.25) is 0 Å². The highest BCUT2D eigenvalue weighted by atomic mass is 15.3. The molecule has 3 aliphatic rings. The molecule has 4 aromatic rings. The molecule has 2 spiro atoms. The van der Waals surface area contributed by atoms with Gasteiger partial charge in [-0.1, -0.05) is 87.1 Å². The van der Waals surface area contributed by atoms with Crippen molar-refractivity contribution in [3.8, 4) is 0 Å². The minimum atomic E-state index is 0.303.